The highest BCUT2D eigenvalue weighted by Gasteiger charge is 2.24. The Balaban J connectivity index is 1.36. The van der Waals surface area contributed by atoms with E-state index in [0.29, 0.717) is 30.3 Å². The van der Waals surface area contributed by atoms with Gasteiger partial charge in [-0.1, -0.05) is 12.1 Å². The third-order valence-corrected chi connectivity index (χ3v) is 5.79. The number of fused-ring (bicyclic) bond motifs is 1. The van der Waals surface area contributed by atoms with Gasteiger partial charge in [0.1, 0.15) is 12.1 Å². The molecule has 0 unspecified atom stereocenters. The predicted octanol–water partition coefficient (Wildman–Crippen LogP) is 2.79. The van der Waals surface area contributed by atoms with Gasteiger partial charge in [-0.15, -0.1) is 0 Å². The largest absolute Gasteiger partial charge is 0.508 e. The number of hydrogen-bond donors (Lipinski definition) is 1. The van der Waals surface area contributed by atoms with Crippen LogP contribution in [0.4, 0.5) is 0 Å². The topological polar surface area (TPSA) is 83.6 Å². The molecule has 1 aliphatic heterocycles. The maximum absolute atomic E-state index is 12.7. The highest BCUT2D eigenvalue weighted by molar-refractivity contribution is 5.76. The molecule has 3 heterocycles. The first-order valence-electron chi connectivity index (χ1n) is 9.75. The zero-order valence-corrected chi connectivity index (χ0v) is 16.3. The van der Waals surface area contributed by atoms with Crippen molar-refractivity contribution in [1.29, 1.82) is 0 Å². The van der Waals surface area contributed by atoms with Crippen molar-refractivity contribution >= 4 is 11.7 Å². The molecular weight excluding hydrogens is 354 g/mol. The van der Waals surface area contributed by atoms with Gasteiger partial charge in [0, 0.05) is 30.9 Å². The minimum absolute atomic E-state index is 0.196. The molecule has 1 saturated heterocycles. The summed E-state index contributed by atoms with van der Waals surface area (Å²) >= 11 is 0. The van der Waals surface area contributed by atoms with Crippen molar-refractivity contribution in [3.05, 3.63) is 53.1 Å². The van der Waals surface area contributed by atoms with Crippen LogP contribution < -0.4 is 0 Å². The number of phenolic OH excluding ortho intramolecular Hbond substituents is 1. The van der Waals surface area contributed by atoms with Crippen LogP contribution in [0, 0.1) is 13.8 Å². The molecule has 0 spiro atoms. The Labute approximate surface area is 164 Å². The van der Waals surface area contributed by atoms with Gasteiger partial charge in [0.05, 0.1) is 0 Å². The normalized spacial score (nSPS) is 15.3. The van der Waals surface area contributed by atoms with Crippen molar-refractivity contribution in [2.45, 2.75) is 45.4 Å². The molecule has 1 aromatic carbocycles. The smallest absolute Gasteiger partial charge is 0.252 e. The number of carbonyl (C=O) groups excluding carboxylic acids is 1. The zero-order valence-electron chi connectivity index (χ0n) is 16.3. The first-order valence-corrected chi connectivity index (χ1v) is 9.75. The summed E-state index contributed by atoms with van der Waals surface area (Å²) in [5.41, 5.74) is 4.23. The van der Waals surface area contributed by atoms with Crippen LogP contribution in [0.3, 0.4) is 0 Å². The van der Waals surface area contributed by atoms with Gasteiger partial charge in [0.2, 0.25) is 5.91 Å². The number of benzene rings is 1. The van der Waals surface area contributed by atoms with Crippen molar-refractivity contribution in [3.63, 3.8) is 0 Å². The fourth-order valence-electron chi connectivity index (χ4n) is 4.12. The average molecular weight is 379 g/mol. The summed E-state index contributed by atoms with van der Waals surface area (Å²) in [7, 11) is 0. The fraction of sp³-hybridized carbons (Fsp3) is 0.429. The highest BCUT2D eigenvalue weighted by Crippen LogP contribution is 2.29. The van der Waals surface area contributed by atoms with Gasteiger partial charge in [-0.05, 0) is 62.3 Å². The number of amides is 1. The maximum atomic E-state index is 12.7. The van der Waals surface area contributed by atoms with Gasteiger partial charge in [-0.25, -0.2) is 9.50 Å². The quantitative estimate of drug-likeness (QED) is 0.754. The first kappa shape index (κ1) is 18.4. The average Bonchev–Trinajstić information content (AvgIpc) is 3.17. The Morgan fingerprint density at radius 2 is 1.89 bits per heavy atom. The van der Waals surface area contributed by atoms with Crippen LogP contribution in [0.2, 0.25) is 0 Å². The third-order valence-electron chi connectivity index (χ3n) is 5.79. The predicted molar refractivity (Wildman–Crippen MR) is 105 cm³/mol. The second kappa shape index (κ2) is 7.58. The summed E-state index contributed by atoms with van der Waals surface area (Å²) in [4.78, 5) is 23.3. The SMILES string of the molecule is Cc1nc2ncnn2c(C)c1CCC(=O)N1CCC(c2ccc(O)cc2)CC1. The van der Waals surface area contributed by atoms with Crippen LogP contribution in [0.5, 0.6) is 5.75 Å². The fourth-order valence-corrected chi connectivity index (χ4v) is 4.12. The molecule has 1 amide bonds. The lowest BCUT2D eigenvalue weighted by Crippen LogP contribution is -2.38. The van der Waals surface area contributed by atoms with Gasteiger partial charge in [-0.3, -0.25) is 4.79 Å². The molecule has 0 atom stereocenters. The summed E-state index contributed by atoms with van der Waals surface area (Å²) in [6, 6.07) is 7.43. The monoisotopic (exact) mass is 379 g/mol. The van der Waals surface area contributed by atoms with E-state index in [-0.39, 0.29) is 5.91 Å². The van der Waals surface area contributed by atoms with Crippen molar-refractivity contribution in [1.82, 2.24) is 24.5 Å². The number of nitrogens with zero attached hydrogens (tertiary/aromatic N) is 5. The van der Waals surface area contributed by atoms with E-state index in [0.717, 1.165) is 42.9 Å². The van der Waals surface area contributed by atoms with Crippen LogP contribution >= 0.6 is 0 Å². The molecule has 1 aliphatic rings. The highest BCUT2D eigenvalue weighted by atomic mass is 16.3. The molecule has 0 saturated carbocycles. The van der Waals surface area contributed by atoms with Crippen LogP contribution in [0.1, 0.15) is 47.7 Å². The Morgan fingerprint density at radius 3 is 2.61 bits per heavy atom. The summed E-state index contributed by atoms with van der Waals surface area (Å²) in [6.07, 6.45) is 4.56. The molecule has 0 radical (unpaired) electrons. The number of aryl methyl sites for hydroxylation is 2. The summed E-state index contributed by atoms with van der Waals surface area (Å²) in [5, 5.41) is 13.7. The Kier molecular flexibility index (Phi) is 4.98. The molecule has 146 valence electrons. The molecule has 28 heavy (non-hydrogen) atoms. The van der Waals surface area contributed by atoms with E-state index in [1.165, 1.54) is 11.9 Å². The van der Waals surface area contributed by atoms with Crippen molar-refractivity contribution in [2.24, 2.45) is 0 Å². The van der Waals surface area contributed by atoms with Crippen LogP contribution in [-0.4, -0.2) is 48.6 Å². The van der Waals surface area contributed by atoms with E-state index in [1.54, 1.807) is 16.6 Å². The Morgan fingerprint density at radius 1 is 1.18 bits per heavy atom. The molecule has 3 aromatic rings. The first-order chi connectivity index (χ1) is 13.5. The number of phenols is 1. The van der Waals surface area contributed by atoms with E-state index < -0.39 is 0 Å². The number of aromatic nitrogens is 4. The van der Waals surface area contributed by atoms with Crippen molar-refractivity contribution < 1.29 is 9.90 Å². The number of aromatic hydroxyl groups is 1. The van der Waals surface area contributed by atoms with Gasteiger partial charge < -0.3 is 10.0 Å². The molecule has 7 heteroatoms. The number of likely N-dealkylation sites (tertiary alicyclic amines) is 1. The van der Waals surface area contributed by atoms with Crippen molar-refractivity contribution in [2.75, 3.05) is 13.1 Å². The minimum atomic E-state index is 0.196. The summed E-state index contributed by atoms with van der Waals surface area (Å²) < 4.78 is 1.73. The zero-order chi connectivity index (χ0) is 19.7. The van der Waals surface area contributed by atoms with E-state index >= 15 is 0 Å². The summed E-state index contributed by atoms with van der Waals surface area (Å²) in [5.74, 6) is 1.54. The lowest BCUT2D eigenvalue weighted by atomic mass is 9.89. The number of hydrogen-bond acceptors (Lipinski definition) is 5. The Bertz CT molecular complexity index is 988. The molecule has 7 nitrogen and oxygen atoms in total. The summed E-state index contributed by atoms with van der Waals surface area (Å²) in [6.45, 7) is 5.52. The standard InChI is InChI=1S/C21H25N5O2/c1-14-19(15(2)26-21(24-14)22-13-23-26)7-8-20(28)25-11-9-17(10-12-25)16-3-5-18(27)6-4-16/h3-6,13,17,27H,7-12H2,1-2H3. The molecule has 4 rings (SSSR count). The van der Waals surface area contributed by atoms with E-state index in [1.807, 2.05) is 30.9 Å². The van der Waals surface area contributed by atoms with Gasteiger partial charge in [-0.2, -0.15) is 10.1 Å². The third kappa shape index (κ3) is 3.56. The Hall–Kier alpha value is -2.96. The molecule has 1 fully saturated rings. The van der Waals surface area contributed by atoms with E-state index in [2.05, 4.69) is 15.1 Å². The minimum Gasteiger partial charge on any atom is -0.508 e. The van der Waals surface area contributed by atoms with Gasteiger partial charge >= 0.3 is 0 Å². The maximum Gasteiger partial charge on any atom is 0.252 e. The van der Waals surface area contributed by atoms with Crippen LogP contribution in [-0.2, 0) is 11.2 Å². The number of piperidine rings is 1. The number of rotatable bonds is 4. The van der Waals surface area contributed by atoms with Crippen LogP contribution in [0.15, 0.2) is 30.6 Å². The van der Waals surface area contributed by atoms with Crippen LogP contribution in [0.25, 0.3) is 5.78 Å². The number of carbonyl (C=O) groups is 1. The second-order valence-corrected chi connectivity index (χ2v) is 7.48. The van der Waals surface area contributed by atoms with E-state index in [4.69, 9.17) is 0 Å². The lowest BCUT2D eigenvalue weighted by Gasteiger charge is -2.32. The second-order valence-electron chi connectivity index (χ2n) is 7.48. The van der Waals surface area contributed by atoms with Crippen molar-refractivity contribution in [3.8, 4) is 5.75 Å². The molecule has 0 aliphatic carbocycles. The molecule has 2 aromatic heterocycles. The van der Waals surface area contributed by atoms with Gasteiger partial charge in [0.15, 0.2) is 0 Å². The molecular formula is C21H25N5O2. The molecule has 0 bridgehead atoms. The van der Waals surface area contributed by atoms with E-state index in [9.17, 15) is 9.90 Å². The molecule has 1 N–H and O–H groups in total. The van der Waals surface area contributed by atoms with Gasteiger partial charge in [0.25, 0.3) is 5.78 Å². The lowest BCUT2D eigenvalue weighted by molar-refractivity contribution is -0.132.